The standard InChI is InChI=1S/C12H19N5S/c1-15-3-2-4-16(6-5-15)11-10(9-13)17-7-8-18-12(17)14-11/h7-8H,2-6,9,13H2,1H3. The van der Waals surface area contributed by atoms with Crippen molar-refractivity contribution in [3.63, 3.8) is 0 Å². The summed E-state index contributed by atoms with van der Waals surface area (Å²) in [5.74, 6) is 1.08. The first-order chi connectivity index (χ1) is 8.79. The van der Waals surface area contributed by atoms with Crippen molar-refractivity contribution < 1.29 is 0 Å². The van der Waals surface area contributed by atoms with Crippen molar-refractivity contribution in [1.29, 1.82) is 0 Å². The quantitative estimate of drug-likeness (QED) is 0.880. The molecule has 0 radical (unpaired) electrons. The van der Waals surface area contributed by atoms with Crippen LogP contribution < -0.4 is 10.6 Å². The molecule has 5 nitrogen and oxygen atoms in total. The molecular formula is C12H19N5S. The van der Waals surface area contributed by atoms with E-state index in [2.05, 4.69) is 32.8 Å². The third-order valence-electron chi connectivity index (χ3n) is 3.55. The fourth-order valence-corrected chi connectivity index (χ4v) is 3.25. The van der Waals surface area contributed by atoms with Crippen LogP contribution in [0.3, 0.4) is 0 Å². The summed E-state index contributed by atoms with van der Waals surface area (Å²) in [7, 11) is 2.18. The second kappa shape index (κ2) is 4.87. The molecule has 2 aromatic heterocycles. The fourth-order valence-electron chi connectivity index (χ4n) is 2.52. The maximum Gasteiger partial charge on any atom is 0.195 e. The van der Waals surface area contributed by atoms with E-state index < -0.39 is 0 Å². The van der Waals surface area contributed by atoms with Gasteiger partial charge in [0.1, 0.15) is 0 Å². The van der Waals surface area contributed by atoms with Crippen LogP contribution in [0.2, 0.25) is 0 Å². The first kappa shape index (κ1) is 12.0. The topological polar surface area (TPSA) is 49.8 Å². The summed E-state index contributed by atoms with van der Waals surface area (Å²) in [6.45, 7) is 4.90. The van der Waals surface area contributed by atoms with Gasteiger partial charge in [-0.2, -0.15) is 0 Å². The number of nitrogens with zero attached hydrogens (tertiary/aromatic N) is 4. The molecule has 18 heavy (non-hydrogen) atoms. The van der Waals surface area contributed by atoms with Gasteiger partial charge in [0, 0.05) is 37.8 Å². The average molecular weight is 265 g/mol. The monoisotopic (exact) mass is 265 g/mol. The zero-order chi connectivity index (χ0) is 12.5. The predicted octanol–water partition coefficient (Wildman–Crippen LogP) is 0.996. The Morgan fingerprint density at radius 1 is 1.33 bits per heavy atom. The van der Waals surface area contributed by atoms with Crippen LogP contribution in [0, 0.1) is 0 Å². The molecule has 0 unspecified atom stereocenters. The lowest BCUT2D eigenvalue weighted by atomic mass is 10.3. The van der Waals surface area contributed by atoms with Crippen molar-refractivity contribution in [1.82, 2.24) is 14.3 Å². The van der Waals surface area contributed by atoms with Crippen molar-refractivity contribution >= 4 is 22.1 Å². The Morgan fingerprint density at radius 2 is 2.22 bits per heavy atom. The lowest BCUT2D eigenvalue weighted by Gasteiger charge is -2.21. The molecule has 0 aliphatic carbocycles. The first-order valence-electron chi connectivity index (χ1n) is 6.37. The van der Waals surface area contributed by atoms with E-state index in [9.17, 15) is 0 Å². The number of rotatable bonds is 2. The van der Waals surface area contributed by atoms with Crippen molar-refractivity contribution in [2.45, 2.75) is 13.0 Å². The fraction of sp³-hybridized carbons (Fsp3) is 0.583. The average Bonchev–Trinajstić information content (AvgIpc) is 2.86. The summed E-state index contributed by atoms with van der Waals surface area (Å²) in [6.07, 6.45) is 3.24. The zero-order valence-electron chi connectivity index (χ0n) is 10.7. The van der Waals surface area contributed by atoms with Gasteiger partial charge in [-0.3, -0.25) is 4.40 Å². The zero-order valence-corrected chi connectivity index (χ0v) is 11.5. The minimum Gasteiger partial charge on any atom is -0.354 e. The summed E-state index contributed by atoms with van der Waals surface area (Å²) in [4.78, 5) is 10.5. The van der Waals surface area contributed by atoms with Crippen LogP contribution in [0.15, 0.2) is 11.6 Å². The Labute approximate surface area is 111 Å². The molecule has 1 aliphatic rings. The van der Waals surface area contributed by atoms with Gasteiger partial charge in [-0.25, -0.2) is 4.98 Å². The van der Waals surface area contributed by atoms with Crippen molar-refractivity contribution in [3.8, 4) is 0 Å². The molecule has 6 heteroatoms. The lowest BCUT2D eigenvalue weighted by Crippen LogP contribution is -2.30. The van der Waals surface area contributed by atoms with Crippen LogP contribution in [0.5, 0.6) is 0 Å². The molecule has 2 aromatic rings. The summed E-state index contributed by atoms with van der Waals surface area (Å²) in [6, 6.07) is 0. The molecule has 0 amide bonds. The van der Waals surface area contributed by atoms with Crippen LogP contribution >= 0.6 is 11.3 Å². The van der Waals surface area contributed by atoms with E-state index in [0.29, 0.717) is 6.54 Å². The van der Waals surface area contributed by atoms with E-state index in [-0.39, 0.29) is 0 Å². The highest BCUT2D eigenvalue weighted by atomic mass is 32.1. The lowest BCUT2D eigenvalue weighted by molar-refractivity contribution is 0.360. The van der Waals surface area contributed by atoms with Gasteiger partial charge in [0.25, 0.3) is 0 Å². The van der Waals surface area contributed by atoms with Gasteiger partial charge >= 0.3 is 0 Å². The van der Waals surface area contributed by atoms with Crippen LogP contribution in [0.25, 0.3) is 4.96 Å². The molecule has 2 N–H and O–H groups in total. The third kappa shape index (κ3) is 2.00. The second-order valence-corrected chi connectivity index (χ2v) is 5.66. The van der Waals surface area contributed by atoms with Gasteiger partial charge in [-0.15, -0.1) is 11.3 Å². The molecular weight excluding hydrogens is 246 g/mol. The van der Waals surface area contributed by atoms with E-state index in [0.717, 1.165) is 42.7 Å². The van der Waals surface area contributed by atoms with E-state index in [4.69, 9.17) is 10.7 Å². The van der Waals surface area contributed by atoms with Crippen LogP contribution in [-0.4, -0.2) is 47.5 Å². The van der Waals surface area contributed by atoms with Gasteiger partial charge in [-0.1, -0.05) is 0 Å². The Kier molecular flexibility index (Phi) is 3.23. The molecule has 3 heterocycles. The SMILES string of the molecule is CN1CCCN(c2nc3sccn3c2CN)CC1. The number of hydrogen-bond acceptors (Lipinski definition) is 5. The summed E-state index contributed by atoms with van der Waals surface area (Å²) >= 11 is 1.67. The van der Waals surface area contributed by atoms with E-state index >= 15 is 0 Å². The second-order valence-electron chi connectivity index (χ2n) is 4.79. The van der Waals surface area contributed by atoms with Crippen LogP contribution in [-0.2, 0) is 6.54 Å². The largest absolute Gasteiger partial charge is 0.354 e. The summed E-state index contributed by atoms with van der Waals surface area (Å²) in [5.41, 5.74) is 7.04. The van der Waals surface area contributed by atoms with Gasteiger partial charge in [0.2, 0.25) is 0 Å². The molecule has 1 aliphatic heterocycles. The van der Waals surface area contributed by atoms with Gasteiger partial charge in [0.05, 0.1) is 5.69 Å². The Balaban J connectivity index is 1.94. The van der Waals surface area contributed by atoms with Gasteiger partial charge in [-0.05, 0) is 20.0 Å². The van der Waals surface area contributed by atoms with Gasteiger partial charge in [0.15, 0.2) is 10.8 Å². The molecule has 0 spiro atoms. The number of likely N-dealkylation sites (N-methyl/N-ethyl adjacent to an activating group) is 1. The number of imidazole rings is 1. The number of nitrogens with two attached hydrogens (primary N) is 1. The summed E-state index contributed by atoms with van der Waals surface area (Å²) in [5, 5.41) is 2.06. The first-order valence-corrected chi connectivity index (χ1v) is 7.25. The van der Waals surface area contributed by atoms with E-state index in [1.54, 1.807) is 11.3 Å². The number of anilines is 1. The number of thiazole rings is 1. The molecule has 1 fully saturated rings. The molecule has 3 rings (SSSR count). The van der Waals surface area contributed by atoms with Crippen molar-refractivity contribution in [2.24, 2.45) is 5.73 Å². The number of aromatic nitrogens is 2. The maximum atomic E-state index is 5.90. The van der Waals surface area contributed by atoms with Crippen LogP contribution in [0.1, 0.15) is 12.1 Å². The molecule has 0 saturated carbocycles. The summed E-state index contributed by atoms with van der Waals surface area (Å²) < 4.78 is 2.12. The Hall–Kier alpha value is -1.11. The maximum absolute atomic E-state index is 5.90. The Bertz CT molecular complexity index is 532. The normalized spacial score (nSPS) is 18.4. The third-order valence-corrected chi connectivity index (χ3v) is 4.31. The number of hydrogen-bond donors (Lipinski definition) is 1. The Morgan fingerprint density at radius 3 is 3.06 bits per heavy atom. The van der Waals surface area contributed by atoms with E-state index in [1.807, 2.05) is 0 Å². The smallest absolute Gasteiger partial charge is 0.195 e. The molecule has 0 atom stereocenters. The van der Waals surface area contributed by atoms with Crippen LogP contribution in [0.4, 0.5) is 5.82 Å². The van der Waals surface area contributed by atoms with E-state index in [1.165, 1.54) is 6.42 Å². The molecule has 98 valence electrons. The van der Waals surface area contributed by atoms with Gasteiger partial charge < -0.3 is 15.5 Å². The number of fused-ring (bicyclic) bond motifs is 1. The molecule has 0 bridgehead atoms. The van der Waals surface area contributed by atoms with Crippen molar-refractivity contribution in [2.75, 3.05) is 38.1 Å². The molecule has 0 aromatic carbocycles. The highest BCUT2D eigenvalue weighted by molar-refractivity contribution is 7.15. The molecule has 1 saturated heterocycles. The predicted molar refractivity (Wildman–Crippen MR) is 75.3 cm³/mol. The minimum atomic E-state index is 0.541. The van der Waals surface area contributed by atoms with Crippen molar-refractivity contribution in [3.05, 3.63) is 17.3 Å². The highest BCUT2D eigenvalue weighted by Gasteiger charge is 2.20. The minimum absolute atomic E-state index is 0.541. The highest BCUT2D eigenvalue weighted by Crippen LogP contribution is 2.25.